The highest BCUT2D eigenvalue weighted by Gasteiger charge is 2.07. The fourth-order valence-corrected chi connectivity index (χ4v) is 2.07. The summed E-state index contributed by atoms with van der Waals surface area (Å²) in [5.41, 5.74) is 0.816. The molecule has 0 fully saturated rings. The zero-order valence-electron chi connectivity index (χ0n) is 7.95. The van der Waals surface area contributed by atoms with E-state index in [-0.39, 0.29) is 5.88 Å². The van der Waals surface area contributed by atoms with Crippen molar-refractivity contribution in [1.82, 2.24) is 9.97 Å². The van der Waals surface area contributed by atoms with E-state index in [2.05, 4.69) is 16.0 Å². The van der Waals surface area contributed by atoms with E-state index in [4.69, 9.17) is 0 Å². The topological polar surface area (TPSA) is 48.9 Å². The number of nitrogens with one attached hydrogen (secondary N) is 1. The second-order valence-corrected chi connectivity index (χ2v) is 4.13. The Morgan fingerprint density at radius 2 is 2.43 bits per heavy atom. The minimum Gasteiger partial charge on any atom is -0.492 e. The third-order valence-corrected chi connectivity index (χ3v) is 2.96. The summed E-state index contributed by atoms with van der Waals surface area (Å²) in [6.45, 7) is 1.99. The first kappa shape index (κ1) is 9.27. The summed E-state index contributed by atoms with van der Waals surface area (Å²) in [6, 6.07) is 4.08. The van der Waals surface area contributed by atoms with Crippen LogP contribution in [0.4, 0.5) is 0 Å². The standard InChI is InChI=1S/C10H12N2OS/c1-2-8-10(13)12-9(11-8)6-7-4-3-5-14-7/h3-5,13H,2,6H2,1H3,(H,11,12). The molecule has 2 N–H and O–H groups in total. The monoisotopic (exact) mass is 208 g/mol. The van der Waals surface area contributed by atoms with Crippen molar-refractivity contribution in [2.75, 3.05) is 0 Å². The van der Waals surface area contributed by atoms with Crippen molar-refractivity contribution in [2.24, 2.45) is 0 Å². The smallest absolute Gasteiger partial charge is 0.232 e. The predicted octanol–water partition coefficient (Wildman–Crippen LogP) is 2.33. The summed E-state index contributed by atoms with van der Waals surface area (Å²) < 4.78 is 0. The lowest BCUT2D eigenvalue weighted by atomic mass is 10.3. The van der Waals surface area contributed by atoms with Gasteiger partial charge in [-0.05, 0) is 17.9 Å². The average molecular weight is 208 g/mol. The molecule has 0 radical (unpaired) electrons. The molecule has 2 heterocycles. The first-order valence-electron chi connectivity index (χ1n) is 4.58. The predicted molar refractivity (Wildman–Crippen MR) is 56.8 cm³/mol. The molecule has 2 aromatic rings. The maximum absolute atomic E-state index is 9.42. The quantitative estimate of drug-likeness (QED) is 0.813. The van der Waals surface area contributed by atoms with E-state index in [1.54, 1.807) is 11.3 Å². The fraction of sp³-hybridized carbons (Fsp3) is 0.300. The Kier molecular flexibility index (Phi) is 2.54. The number of hydrogen-bond donors (Lipinski definition) is 2. The number of H-pyrrole nitrogens is 1. The van der Waals surface area contributed by atoms with Gasteiger partial charge in [0.1, 0.15) is 5.82 Å². The molecule has 0 aromatic carbocycles. The number of hydrogen-bond acceptors (Lipinski definition) is 3. The number of rotatable bonds is 3. The summed E-state index contributed by atoms with van der Waals surface area (Å²) in [6.07, 6.45) is 1.55. The van der Waals surface area contributed by atoms with Crippen molar-refractivity contribution in [3.8, 4) is 5.88 Å². The maximum Gasteiger partial charge on any atom is 0.232 e. The van der Waals surface area contributed by atoms with Gasteiger partial charge < -0.3 is 10.1 Å². The molecule has 3 nitrogen and oxygen atoms in total. The Balaban J connectivity index is 2.17. The summed E-state index contributed by atoms with van der Waals surface area (Å²) in [5, 5.41) is 11.5. The number of nitrogens with zero attached hydrogens (tertiary/aromatic N) is 1. The third kappa shape index (κ3) is 1.80. The zero-order chi connectivity index (χ0) is 9.97. The second kappa shape index (κ2) is 3.84. The number of aromatic hydroxyl groups is 1. The highest BCUT2D eigenvalue weighted by molar-refractivity contribution is 7.09. The molecule has 0 amide bonds. The number of imidazole rings is 1. The Morgan fingerprint density at radius 3 is 3.00 bits per heavy atom. The van der Waals surface area contributed by atoms with E-state index in [0.717, 1.165) is 24.4 Å². The number of thiophene rings is 1. The van der Waals surface area contributed by atoms with E-state index in [1.165, 1.54) is 4.88 Å². The van der Waals surface area contributed by atoms with Crippen molar-refractivity contribution in [1.29, 1.82) is 0 Å². The molecule has 0 saturated heterocycles. The van der Waals surface area contributed by atoms with Gasteiger partial charge >= 0.3 is 0 Å². The van der Waals surface area contributed by atoms with Crippen LogP contribution >= 0.6 is 11.3 Å². The summed E-state index contributed by atoms with van der Waals surface area (Å²) in [4.78, 5) is 8.43. The van der Waals surface area contributed by atoms with Crippen molar-refractivity contribution >= 4 is 11.3 Å². The molecule has 0 aliphatic carbocycles. The molecule has 0 bridgehead atoms. The van der Waals surface area contributed by atoms with Crippen molar-refractivity contribution in [3.05, 3.63) is 33.9 Å². The lowest BCUT2D eigenvalue weighted by molar-refractivity contribution is 0.449. The van der Waals surface area contributed by atoms with Crippen LogP contribution in [0.3, 0.4) is 0 Å². The van der Waals surface area contributed by atoms with Gasteiger partial charge in [0, 0.05) is 11.3 Å². The molecule has 4 heteroatoms. The minimum atomic E-state index is 0.138. The van der Waals surface area contributed by atoms with Gasteiger partial charge in [-0.3, -0.25) is 0 Å². The fourth-order valence-electron chi connectivity index (χ4n) is 1.36. The minimum absolute atomic E-state index is 0.138. The number of aromatic nitrogens is 2. The molecular formula is C10H12N2OS. The van der Waals surface area contributed by atoms with Gasteiger partial charge in [-0.15, -0.1) is 11.3 Å². The van der Waals surface area contributed by atoms with Gasteiger partial charge in [0.25, 0.3) is 0 Å². The zero-order valence-corrected chi connectivity index (χ0v) is 8.77. The Labute approximate surface area is 86.4 Å². The van der Waals surface area contributed by atoms with Gasteiger partial charge in [-0.2, -0.15) is 4.98 Å². The molecule has 74 valence electrons. The molecule has 14 heavy (non-hydrogen) atoms. The molecule has 0 unspecified atom stereocenters. The van der Waals surface area contributed by atoms with Crippen LogP contribution in [0.25, 0.3) is 0 Å². The summed E-state index contributed by atoms with van der Waals surface area (Å²) >= 11 is 1.70. The Hall–Kier alpha value is -1.29. The van der Waals surface area contributed by atoms with Crippen LogP contribution < -0.4 is 0 Å². The van der Waals surface area contributed by atoms with Crippen LogP contribution in [0.1, 0.15) is 23.3 Å². The van der Waals surface area contributed by atoms with Crippen LogP contribution in [0.5, 0.6) is 5.88 Å². The van der Waals surface area contributed by atoms with Crippen molar-refractivity contribution in [2.45, 2.75) is 19.8 Å². The normalized spacial score (nSPS) is 10.6. The third-order valence-electron chi connectivity index (χ3n) is 2.08. The van der Waals surface area contributed by atoms with Crippen LogP contribution in [-0.2, 0) is 12.8 Å². The van der Waals surface area contributed by atoms with E-state index < -0.39 is 0 Å². The van der Waals surface area contributed by atoms with Gasteiger partial charge in [-0.25, -0.2) is 0 Å². The highest BCUT2D eigenvalue weighted by atomic mass is 32.1. The lowest BCUT2D eigenvalue weighted by Crippen LogP contribution is -1.87. The first-order valence-corrected chi connectivity index (χ1v) is 5.46. The van der Waals surface area contributed by atoms with Crippen molar-refractivity contribution in [3.63, 3.8) is 0 Å². The van der Waals surface area contributed by atoms with Gasteiger partial charge in [0.15, 0.2) is 0 Å². The van der Waals surface area contributed by atoms with E-state index in [1.807, 2.05) is 18.4 Å². The highest BCUT2D eigenvalue weighted by Crippen LogP contribution is 2.18. The van der Waals surface area contributed by atoms with Crippen LogP contribution in [0.2, 0.25) is 0 Å². The van der Waals surface area contributed by atoms with E-state index in [9.17, 15) is 5.11 Å². The van der Waals surface area contributed by atoms with Crippen LogP contribution in [-0.4, -0.2) is 15.1 Å². The number of aryl methyl sites for hydroxylation is 1. The molecular weight excluding hydrogens is 196 g/mol. The summed E-state index contributed by atoms with van der Waals surface area (Å²) in [5.74, 6) is 0.973. The van der Waals surface area contributed by atoms with Gasteiger partial charge in [0.2, 0.25) is 5.88 Å². The average Bonchev–Trinajstić information content (AvgIpc) is 2.76. The van der Waals surface area contributed by atoms with Crippen LogP contribution in [0.15, 0.2) is 17.5 Å². The second-order valence-electron chi connectivity index (χ2n) is 3.10. The Bertz CT molecular complexity index is 406. The first-order chi connectivity index (χ1) is 6.79. The van der Waals surface area contributed by atoms with E-state index >= 15 is 0 Å². The molecule has 0 aliphatic heterocycles. The molecule has 0 spiro atoms. The number of aromatic amines is 1. The lowest BCUT2D eigenvalue weighted by Gasteiger charge is -1.91. The maximum atomic E-state index is 9.42. The van der Waals surface area contributed by atoms with Crippen molar-refractivity contribution < 1.29 is 5.11 Å². The Morgan fingerprint density at radius 1 is 1.57 bits per heavy atom. The SMILES string of the molecule is CCc1[nH]c(Cc2cccs2)nc1O. The van der Waals surface area contributed by atoms with Gasteiger partial charge in [-0.1, -0.05) is 13.0 Å². The molecule has 2 aromatic heterocycles. The largest absolute Gasteiger partial charge is 0.492 e. The molecule has 2 rings (SSSR count). The molecule has 0 atom stereocenters. The van der Waals surface area contributed by atoms with Crippen LogP contribution in [0, 0.1) is 0 Å². The molecule has 0 aliphatic rings. The summed E-state index contributed by atoms with van der Waals surface area (Å²) in [7, 11) is 0. The molecule has 0 saturated carbocycles. The van der Waals surface area contributed by atoms with E-state index in [0.29, 0.717) is 0 Å². The van der Waals surface area contributed by atoms with Gasteiger partial charge in [0.05, 0.1) is 5.69 Å².